The third kappa shape index (κ3) is 4.05. The molecule has 1 atom stereocenters. The molecule has 3 heteroatoms. The molecule has 0 amide bonds. The van der Waals surface area contributed by atoms with E-state index in [-0.39, 0.29) is 11.9 Å². The third-order valence-corrected chi connectivity index (χ3v) is 3.70. The van der Waals surface area contributed by atoms with E-state index in [4.69, 9.17) is 10.5 Å². The van der Waals surface area contributed by atoms with Crippen molar-refractivity contribution < 1.29 is 9.13 Å². The van der Waals surface area contributed by atoms with Crippen LogP contribution in [0.4, 0.5) is 4.39 Å². The number of aryl methyl sites for hydroxylation is 2. The molecule has 0 aromatic heterocycles. The van der Waals surface area contributed by atoms with Crippen molar-refractivity contribution in [1.29, 1.82) is 0 Å². The van der Waals surface area contributed by atoms with Crippen molar-refractivity contribution in [2.24, 2.45) is 5.73 Å². The minimum absolute atomic E-state index is 0.182. The Morgan fingerprint density at radius 1 is 1.05 bits per heavy atom. The lowest BCUT2D eigenvalue weighted by atomic mass is 10.00. The Labute approximate surface area is 125 Å². The summed E-state index contributed by atoms with van der Waals surface area (Å²) in [5, 5.41) is 0. The number of rotatable bonds is 5. The summed E-state index contributed by atoms with van der Waals surface area (Å²) in [5.41, 5.74) is 8.98. The van der Waals surface area contributed by atoms with Crippen LogP contribution in [-0.4, -0.2) is 6.04 Å². The molecular weight excluding hydrogens is 265 g/mol. The Kier molecular flexibility index (Phi) is 4.97. The third-order valence-electron chi connectivity index (χ3n) is 3.70. The Hall–Kier alpha value is -1.87. The van der Waals surface area contributed by atoms with Gasteiger partial charge in [-0.2, -0.15) is 0 Å². The molecule has 112 valence electrons. The topological polar surface area (TPSA) is 35.2 Å². The molecule has 0 aliphatic heterocycles. The van der Waals surface area contributed by atoms with Crippen molar-refractivity contribution in [2.75, 3.05) is 0 Å². The fourth-order valence-corrected chi connectivity index (χ4v) is 2.16. The van der Waals surface area contributed by atoms with Crippen LogP contribution in [0, 0.1) is 19.7 Å². The average Bonchev–Trinajstić information content (AvgIpc) is 2.45. The van der Waals surface area contributed by atoms with Crippen molar-refractivity contribution in [3.8, 4) is 11.5 Å². The van der Waals surface area contributed by atoms with E-state index in [9.17, 15) is 4.39 Å². The van der Waals surface area contributed by atoms with Crippen LogP contribution >= 0.6 is 0 Å². The summed E-state index contributed by atoms with van der Waals surface area (Å²) in [4.78, 5) is 0. The summed E-state index contributed by atoms with van der Waals surface area (Å²) in [5.74, 6) is 0.967. The van der Waals surface area contributed by atoms with Crippen LogP contribution in [-0.2, 0) is 6.42 Å². The zero-order valence-corrected chi connectivity index (χ0v) is 12.8. The van der Waals surface area contributed by atoms with Crippen LogP contribution in [0.2, 0.25) is 0 Å². The summed E-state index contributed by atoms with van der Waals surface area (Å²) in [7, 11) is 0. The SMILES string of the molecule is CCC(N)Cc1ccc(Oc2ccc(C)c(F)c2)cc1C. The normalized spacial score (nSPS) is 12.2. The van der Waals surface area contributed by atoms with E-state index in [2.05, 4.69) is 6.92 Å². The number of hydrogen-bond acceptors (Lipinski definition) is 2. The first-order valence-corrected chi connectivity index (χ1v) is 7.28. The average molecular weight is 287 g/mol. The van der Waals surface area contributed by atoms with Gasteiger partial charge in [0.1, 0.15) is 17.3 Å². The van der Waals surface area contributed by atoms with Gasteiger partial charge in [0.05, 0.1) is 0 Å². The van der Waals surface area contributed by atoms with Gasteiger partial charge in [0.15, 0.2) is 0 Å². The second-order valence-electron chi connectivity index (χ2n) is 5.47. The smallest absolute Gasteiger partial charge is 0.130 e. The lowest BCUT2D eigenvalue weighted by Gasteiger charge is -2.13. The Morgan fingerprint density at radius 2 is 1.71 bits per heavy atom. The van der Waals surface area contributed by atoms with Gasteiger partial charge >= 0.3 is 0 Å². The van der Waals surface area contributed by atoms with Gasteiger partial charge in [-0.15, -0.1) is 0 Å². The zero-order chi connectivity index (χ0) is 15.4. The zero-order valence-electron chi connectivity index (χ0n) is 12.8. The number of nitrogens with two attached hydrogens (primary N) is 1. The van der Waals surface area contributed by atoms with E-state index in [0.29, 0.717) is 17.1 Å². The van der Waals surface area contributed by atoms with Crippen LogP contribution < -0.4 is 10.5 Å². The summed E-state index contributed by atoms with van der Waals surface area (Å²) < 4.78 is 19.2. The number of ether oxygens (including phenoxy) is 1. The van der Waals surface area contributed by atoms with Crippen molar-refractivity contribution in [1.82, 2.24) is 0 Å². The second-order valence-corrected chi connectivity index (χ2v) is 5.47. The summed E-state index contributed by atoms with van der Waals surface area (Å²) in [6.07, 6.45) is 1.82. The van der Waals surface area contributed by atoms with Gasteiger partial charge in [-0.1, -0.05) is 19.1 Å². The highest BCUT2D eigenvalue weighted by Crippen LogP contribution is 2.25. The minimum atomic E-state index is -0.255. The van der Waals surface area contributed by atoms with E-state index in [1.807, 2.05) is 25.1 Å². The quantitative estimate of drug-likeness (QED) is 0.877. The standard InChI is InChI=1S/C18H22FNO/c1-4-15(20)10-14-6-8-16(9-13(14)3)21-17-7-5-12(2)18(19)11-17/h5-9,11,15H,4,10,20H2,1-3H3. The highest BCUT2D eigenvalue weighted by molar-refractivity contribution is 5.39. The van der Waals surface area contributed by atoms with Crippen LogP contribution in [0.1, 0.15) is 30.0 Å². The second kappa shape index (κ2) is 6.72. The first kappa shape index (κ1) is 15.5. The lowest BCUT2D eigenvalue weighted by molar-refractivity contribution is 0.475. The van der Waals surface area contributed by atoms with Crippen molar-refractivity contribution in [3.63, 3.8) is 0 Å². The molecule has 0 aliphatic rings. The van der Waals surface area contributed by atoms with Gasteiger partial charge < -0.3 is 10.5 Å². The monoisotopic (exact) mass is 287 g/mol. The molecule has 0 spiro atoms. The number of hydrogen-bond donors (Lipinski definition) is 1. The van der Waals surface area contributed by atoms with Gasteiger partial charge in [0, 0.05) is 12.1 Å². The van der Waals surface area contributed by atoms with Gasteiger partial charge in [0.25, 0.3) is 0 Å². The molecule has 2 aromatic rings. The Morgan fingerprint density at radius 3 is 2.33 bits per heavy atom. The molecule has 2 aromatic carbocycles. The molecule has 1 unspecified atom stereocenters. The van der Waals surface area contributed by atoms with Crippen LogP contribution in [0.15, 0.2) is 36.4 Å². The van der Waals surface area contributed by atoms with Crippen LogP contribution in [0.3, 0.4) is 0 Å². The molecule has 21 heavy (non-hydrogen) atoms. The van der Waals surface area contributed by atoms with E-state index < -0.39 is 0 Å². The van der Waals surface area contributed by atoms with Crippen molar-refractivity contribution >= 4 is 0 Å². The van der Waals surface area contributed by atoms with E-state index in [1.165, 1.54) is 11.6 Å². The van der Waals surface area contributed by atoms with Crippen molar-refractivity contribution in [2.45, 2.75) is 39.7 Å². The summed E-state index contributed by atoms with van der Waals surface area (Å²) >= 11 is 0. The first-order chi connectivity index (χ1) is 9.99. The maximum absolute atomic E-state index is 13.5. The maximum Gasteiger partial charge on any atom is 0.130 e. The minimum Gasteiger partial charge on any atom is -0.457 e. The number of benzene rings is 2. The molecule has 0 bridgehead atoms. The molecule has 0 aliphatic carbocycles. The Balaban J connectivity index is 2.14. The predicted molar refractivity (Wildman–Crippen MR) is 84.4 cm³/mol. The fraction of sp³-hybridized carbons (Fsp3) is 0.333. The highest BCUT2D eigenvalue weighted by atomic mass is 19.1. The molecule has 2 rings (SSSR count). The summed E-state index contributed by atoms with van der Waals surface area (Å²) in [6.45, 7) is 5.86. The molecule has 0 saturated heterocycles. The molecule has 2 N–H and O–H groups in total. The predicted octanol–water partition coefficient (Wildman–Crippen LogP) is 4.51. The van der Waals surface area contributed by atoms with Gasteiger partial charge in [-0.3, -0.25) is 0 Å². The summed E-state index contributed by atoms with van der Waals surface area (Å²) in [6, 6.07) is 11.0. The maximum atomic E-state index is 13.5. The fourth-order valence-electron chi connectivity index (χ4n) is 2.16. The highest BCUT2D eigenvalue weighted by Gasteiger charge is 2.07. The van der Waals surface area contributed by atoms with E-state index in [0.717, 1.165) is 18.4 Å². The Bertz CT molecular complexity index is 625. The van der Waals surface area contributed by atoms with Gasteiger partial charge in [0.2, 0.25) is 0 Å². The van der Waals surface area contributed by atoms with E-state index in [1.54, 1.807) is 19.1 Å². The van der Waals surface area contributed by atoms with Gasteiger partial charge in [-0.05, 0) is 61.6 Å². The van der Waals surface area contributed by atoms with E-state index >= 15 is 0 Å². The van der Waals surface area contributed by atoms with Crippen LogP contribution in [0.25, 0.3) is 0 Å². The molecule has 0 heterocycles. The first-order valence-electron chi connectivity index (χ1n) is 7.28. The van der Waals surface area contributed by atoms with Crippen molar-refractivity contribution in [3.05, 3.63) is 58.9 Å². The number of halogens is 1. The molecule has 2 nitrogen and oxygen atoms in total. The molecule has 0 saturated carbocycles. The molecule has 0 fully saturated rings. The largest absolute Gasteiger partial charge is 0.457 e. The van der Waals surface area contributed by atoms with Gasteiger partial charge in [-0.25, -0.2) is 4.39 Å². The molecular formula is C18H22FNO. The molecule has 0 radical (unpaired) electrons. The lowest BCUT2D eigenvalue weighted by Crippen LogP contribution is -2.21. The van der Waals surface area contributed by atoms with Crippen LogP contribution in [0.5, 0.6) is 11.5 Å².